The van der Waals surface area contributed by atoms with Crippen molar-refractivity contribution in [3.05, 3.63) is 52.1 Å². The van der Waals surface area contributed by atoms with Crippen molar-refractivity contribution in [2.75, 3.05) is 0 Å². The molecule has 9 nitrogen and oxygen atoms in total. The van der Waals surface area contributed by atoms with Crippen molar-refractivity contribution in [2.45, 2.75) is 38.5 Å². The number of amides is 2. The minimum Gasteiger partial charge on any atom is -0.478 e. The van der Waals surface area contributed by atoms with E-state index in [0.29, 0.717) is 23.5 Å². The van der Waals surface area contributed by atoms with Crippen molar-refractivity contribution in [1.82, 2.24) is 10.4 Å². The fraction of sp³-hybridized carbons (Fsp3) is 0.370. The molecule has 5 aliphatic rings. The highest BCUT2D eigenvalue weighted by atomic mass is 32.2. The Bertz CT molecular complexity index is 1370. The standard InChI is InChI=1S/C27H24N2O7S2/c30-22-21(9-19-1-2-20(36-19)16-6-17(23(31)32)8-18(7-16)24(33)34)38-26(37)29(22)28-25(35)27-10-13-3-14(11-27)5-15(4-13)12-27/h1-2,6-9,13-15H,3-5,10-12H2,(H,28,35)(H,31,32)(H,33,34)/b21-9+. The first-order chi connectivity index (χ1) is 18.1. The quantitative estimate of drug-likeness (QED) is 0.341. The summed E-state index contributed by atoms with van der Waals surface area (Å²) in [4.78, 5) is 49.7. The third-order valence-corrected chi connectivity index (χ3v) is 9.44. The van der Waals surface area contributed by atoms with Gasteiger partial charge in [0, 0.05) is 11.6 Å². The molecule has 38 heavy (non-hydrogen) atoms. The number of hydrazine groups is 1. The summed E-state index contributed by atoms with van der Waals surface area (Å²) in [7, 11) is 0. The van der Waals surface area contributed by atoms with Crippen LogP contribution >= 0.6 is 24.0 Å². The second kappa shape index (κ2) is 9.09. The van der Waals surface area contributed by atoms with Gasteiger partial charge in [0.05, 0.1) is 21.4 Å². The maximum Gasteiger partial charge on any atom is 0.335 e. The minimum absolute atomic E-state index is 0.123. The molecule has 2 amide bonds. The maximum absolute atomic E-state index is 13.4. The van der Waals surface area contributed by atoms with E-state index in [9.17, 15) is 29.4 Å². The minimum atomic E-state index is -1.26. The lowest BCUT2D eigenvalue weighted by Gasteiger charge is -2.55. The Morgan fingerprint density at radius 1 is 1.00 bits per heavy atom. The molecule has 4 saturated carbocycles. The zero-order valence-corrected chi connectivity index (χ0v) is 21.8. The van der Waals surface area contributed by atoms with Gasteiger partial charge in [-0.15, -0.1) is 0 Å². The molecule has 1 aliphatic heterocycles. The van der Waals surface area contributed by atoms with Crippen molar-refractivity contribution < 1.29 is 33.8 Å². The monoisotopic (exact) mass is 552 g/mol. The molecule has 0 radical (unpaired) electrons. The fourth-order valence-electron chi connectivity index (χ4n) is 6.90. The van der Waals surface area contributed by atoms with Gasteiger partial charge in [0.15, 0.2) is 4.32 Å². The third-order valence-electron chi connectivity index (χ3n) is 8.14. The van der Waals surface area contributed by atoms with E-state index in [4.69, 9.17) is 16.6 Å². The maximum atomic E-state index is 13.4. The molecule has 1 aromatic carbocycles. The number of benzene rings is 1. The van der Waals surface area contributed by atoms with Crippen molar-refractivity contribution in [3.8, 4) is 11.3 Å². The van der Waals surface area contributed by atoms with Gasteiger partial charge in [0.1, 0.15) is 11.5 Å². The third kappa shape index (κ3) is 4.33. The Hall–Kier alpha value is -3.44. The topological polar surface area (TPSA) is 137 Å². The van der Waals surface area contributed by atoms with Crippen molar-refractivity contribution in [3.63, 3.8) is 0 Å². The van der Waals surface area contributed by atoms with Crippen LogP contribution in [0.3, 0.4) is 0 Å². The van der Waals surface area contributed by atoms with Gasteiger partial charge in [-0.25, -0.2) is 9.59 Å². The van der Waals surface area contributed by atoms with E-state index in [1.165, 1.54) is 37.5 Å². The summed E-state index contributed by atoms with van der Waals surface area (Å²) in [6.07, 6.45) is 7.74. The molecule has 1 aromatic heterocycles. The number of thiocarbonyl (C=S) groups is 1. The van der Waals surface area contributed by atoms with Crippen LogP contribution < -0.4 is 5.43 Å². The van der Waals surface area contributed by atoms with Gasteiger partial charge in [-0.05, 0) is 98.8 Å². The van der Waals surface area contributed by atoms with E-state index >= 15 is 0 Å². The Morgan fingerprint density at radius 3 is 2.13 bits per heavy atom. The highest BCUT2D eigenvalue weighted by Crippen LogP contribution is 2.60. The zero-order valence-electron chi connectivity index (χ0n) is 20.1. The number of carboxylic acid groups (broad SMARTS) is 2. The van der Waals surface area contributed by atoms with E-state index in [1.807, 2.05) is 0 Å². The lowest BCUT2D eigenvalue weighted by atomic mass is 9.49. The molecule has 2 heterocycles. The number of carboxylic acids is 2. The molecule has 7 rings (SSSR count). The molecule has 1 saturated heterocycles. The van der Waals surface area contributed by atoms with Gasteiger partial charge >= 0.3 is 11.9 Å². The van der Waals surface area contributed by atoms with Crippen LogP contribution in [0.1, 0.15) is 65.0 Å². The number of thioether (sulfide) groups is 1. The average Bonchev–Trinajstić information content (AvgIpc) is 3.43. The predicted octanol–water partition coefficient (Wildman–Crippen LogP) is 4.79. The molecule has 2 aromatic rings. The number of nitrogens with one attached hydrogen (secondary N) is 1. The van der Waals surface area contributed by atoms with Crippen LogP contribution in [-0.4, -0.2) is 43.3 Å². The highest BCUT2D eigenvalue weighted by molar-refractivity contribution is 8.26. The van der Waals surface area contributed by atoms with Crippen LogP contribution in [0.5, 0.6) is 0 Å². The smallest absolute Gasteiger partial charge is 0.335 e. The molecule has 3 N–H and O–H groups in total. The summed E-state index contributed by atoms with van der Waals surface area (Å²) in [5.41, 5.74) is 2.30. The number of furan rings is 1. The number of carbonyl (C=O) groups is 4. The van der Waals surface area contributed by atoms with E-state index in [-0.39, 0.29) is 37.6 Å². The van der Waals surface area contributed by atoms with E-state index in [2.05, 4.69) is 5.43 Å². The van der Waals surface area contributed by atoms with Crippen molar-refractivity contribution >= 4 is 58.1 Å². The predicted molar refractivity (Wildman–Crippen MR) is 142 cm³/mol. The van der Waals surface area contributed by atoms with Crippen molar-refractivity contribution in [2.24, 2.45) is 23.2 Å². The SMILES string of the molecule is O=C(O)c1cc(C(=O)O)cc(-c2ccc(/C=C3/SC(=S)N(NC(=O)C45CC6CC(CC(C6)C4)C5)C3=O)o2)c1. The normalized spacial score (nSPS) is 28.8. The highest BCUT2D eigenvalue weighted by Gasteiger charge is 2.55. The number of nitrogens with zero attached hydrogens (tertiary/aromatic N) is 1. The molecule has 0 unspecified atom stereocenters. The molecule has 11 heteroatoms. The summed E-state index contributed by atoms with van der Waals surface area (Å²) >= 11 is 6.45. The Kier molecular flexibility index (Phi) is 5.95. The first-order valence-corrected chi connectivity index (χ1v) is 13.6. The van der Waals surface area contributed by atoms with Crippen LogP contribution in [0.4, 0.5) is 0 Å². The fourth-order valence-corrected chi connectivity index (χ4v) is 8.06. The molecule has 5 fully saturated rings. The molecular weight excluding hydrogens is 528 g/mol. The molecule has 4 aliphatic carbocycles. The van der Waals surface area contributed by atoms with Crippen LogP contribution in [0.25, 0.3) is 17.4 Å². The van der Waals surface area contributed by atoms with E-state index in [0.717, 1.165) is 42.1 Å². The van der Waals surface area contributed by atoms with Crippen molar-refractivity contribution in [1.29, 1.82) is 0 Å². The van der Waals surface area contributed by atoms with Gasteiger partial charge in [-0.1, -0.05) is 11.8 Å². The molecular formula is C27H24N2O7S2. The molecule has 196 valence electrons. The van der Waals surface area contributed by atoms with Gasteiger partial charge in [-0.3, -0.25) is 15.0 Å². The van der Waals surface area contributed by atoms with Crippen LogP contribution in [0.15, 0.2) is 39.7 Å². The Balaban J connectivity index is 1.20. The summed E-state index contributed by atoms with van der Waals surface area (Å²) in [5.74, 6) is -0.783. The van der Waals surface area contributed by atoms with Gasteiger partial charge in [0.2, 0.25) is 5.91 Å². The first kappa shape index (κ1) is 24.9. The Morgan fingerprint density at radius 2 is 1.58 bits per heavy atom. The summed E-state index contributed by atoms with van der Waals surface area (Å²) in [6, 6.07) is 6.85. The van der Waals surface area contributed by atoms with Crippen LogP contribution in [0, 0.1) is 23.2 Å². The number of hydrogen-bond donors (Lipinski definition) is 3. The average molecular weight is 553 g/mol. The van der Waals surface area contributed by atoms with Gasteiger partial charge in [0.25, 0.3) is 5.91 Å². The number of rotatable bonds is 6. The lowest BCUT2D eigenvalue weighted by molar-refractivity contribution is -0.152. The summed E-state index contributed by atoms with van der Waals surface area (Å²) < 4.78 is 6.02. The van der Waals surface area contributed by atoms with E-state index in [1.54, 1.807) is 12.1 Å². The van der Waals surface area contributed by atoms with E-state index < -0.39 is 23.3 Å². The lowest BCUT2D eigenvalue weighted by Crippen LogP contribution is -2.57. The first-order valence-electron chi connectivity index (χ1n) is 12.4. The summed E-state index contributed by atoms with van der Waals surface area (Å²) in [5, 5.41) is 19.8. The summed E-state index contributed by atoms with van der Waals surface area (Å²) in [6.45, 7) is 0. The number of aromatic carboxylic acids is 2. The molecule has 0 spiro atoms. The molecule has 0 atom stereocenters. The van der Waals surface area contributed by atoms with Crippen LogP contribution in [-0.2, 0) is 9.59 Å². The number of hydrogen-bond acceptors (Lipinski definition) is 7. The Labute approximate surface area is 227 Å². The van der Waals surface area contributed by atoms with Gasteiger partial charge in [-0.2, -0.15) is 5.01 Å². The largest absolute Gasteiger partial charge is 0.478 e. The molecule has 4 bridgehead atoms. The zero-order chi connectivity index (χ0) is 26.8. The van der Waals surface area contributed by atoms with Gasteiger partial charge < -0.3 is 14.6 Å². The second-order valence-electron chi connectivity index (χ2n) is 10.8. The second-order valence-corrected chi connectivity index (χ2v) is 12.4. The van der Waals surface area contributed by atoms with Crippen LogP contribution in [0.2, 0.25) is 0 Å². The number of carbonyl (C=O) groups excluding carboxylic acids is 2.